The highest BCUT2D eigenvalue weighted by Gasteiger charge is 2.37. The fourth-order valence-electron chi connectivity index (χ4n) is 3.83. The Morgan fingerprint density at radius 3 is 2.92 bits per heavy atom. The minimum atomic E-state index is -0.157. The SMILES string of the molecule is CCn1c(=O)[nH]c2ccc(C(=O)N3CCN4C(=O)CCC4C3)cc21. The predicted octanol–water partition coefficient (Wildman–Crippen LogP) is 0.796. The lowest BCUT2D eigenvalue weighted by molar-refractivity contribution is -0.130. The molecule has 24 heavy (non-hydrogen) atoms. The van der Waals surface area contributed by atoms with Crippen LogP contribution < -0.4 is 5.69 Å². The van der Waals surface area contributed by atoms with Gasteiger partial charge in [-0.2, -0.15) is 0 Å². The summed E-state index contributed by atoms with van der Waals surface area (Å²) >= 11 is 0. The lowest BCUT2D eigenvalue weighted by atomic mass is 10.1. The van der Waals surface area contributed by atoms with Crippen LogP contribution in [0.2, 0.25) is 0 Å². The first-order valence-corrected chi connectivity index (χ1v) is 8.40. The molecule has 0 bridgehead atoms. The van der Waals surface area contributed by atoms with Crippen LogP contribution in [0.1, 0.15) is 30.1 Å². The summed E-state index contributed by atoms with van der Waals surface area (Å²) in [5, 5.41) is 0. The third-order valence-electron chi connectivity index (χ3n) is 5.12. The van der Waals surface area contributed by atoms with Crippen LogP contribution in [0.15, 0.2) is 23.0 Å². The Morgan fingerprint density at radius 1 is 1.29 bits per heavy atom. The maximum atomic E-state index is 12.8. The third kappa shape index (κ3) is 2.23. The second-order valence-electron chi connectivity index (χ2n) is 6.44. The van der Waals surface area contributed by atoms with E-state index < -0.39 is 0 Å². The quantitative estimate of drug-likeness (QED) is 0.885. The van der Waals surface area contributed by atoms with E-state index in [0.717, 1.165) is 17.5 Å². The maximum Gasteiger partial charge on any atom is 0.326 e. The number of nitrogens with zero attached hydrogens (tertiary/aromatic N) is 3. The van der Waals surface area contributed by atoms with Crippen molar-refractivity contribution in [3.63, 3.8) is 0 Å². The molecule has 2 fully saturated rings. The lowest BCUT2D eigenvalue weighted by Crippen LogP contribution is -2.53. The van der Waals surface area contributed by atoms with E-state index in [0.29, 0.717) is 38.2 Å². The number of amides is 2. The maximum absolute atomic E-state index is 12.8. The van der Waals surface area contributed by atoms with Gasteiger partial charge in [0.2, 0.25) is 5.91 Å². The summed E-state index contributed by atoms with van der Waals surface area (Å²) in [6, 6.07) is 5.48. The highest BCUT2D eigenvalue weighted by molar-refractivity contribution is 5.97. The zero-order valence-electron chi connectivity index (χ0n) is 13.6. The Hall–Kier alpha value is -2.57. The number of carbonyl (C=O) groups is 2. The average molecular weight is 328 g/mol. The van der Waals surface area contributed by atoms with Crippen LogP contribution in [0.3, 0.4) is 0 Å². The number of aromatic nitrogens is 2. The van der Waals surface area contributed by atoms with E-state index in [2.05, 4.69) is 4.98 Å². The zero-order chi connectivity index (χ0) is 16.8. The monoisotopic (exact) mass is 328 g/mol. The number of piperazine rings is 1. The number of hydrogen-bond donors (Lipinski definition) is 1. The molecular weight excluding hydrogens is 308 g/mol. The molecule has 7 heteroatoms. The Kier molecular flexibility index (Phi) is 3.44. The number of hydrogen-bond acceptors (Lipinski definition) is 3. The molecule has 0 spiro atoms. The van der Waals surface area contributed by atoms with Gasteiger partial charge in [0.1, 0.15) is 0 Å². The van der Waals surface area contributed by atoms with Gasteiger partial charge in [-0.15, -0.1) is 0 Å². The van der Waals surface area contributed by atoms with E-state index in [1.54, 1.807) is 22.8 Å². The number of imidazole rings is 1. The van der Waals surface area contributed by atoms with E-state index in [-0.39, 0.29) is 23.5 Å². The van der Waals surface area contributed by atoms with Crippen molar-refractivity contribution in [3.05, 3.63) is 34.2 Å². The molecule has 2 amide bonds. The first kappa shape index (κ1) is 15.0. The molecule has 0 radical (unpaired) electrons. The Morgan fingerprint density at radius 2 is 2.12 bits per heavy atom. The van der Waals surface area contributed by atoms with Crippen molar-refractivity contribution in [3.8, 4) is 0 Å². The van der Waals surface area contributed by atoms with Crippen LogP contribution in [-0.4, -0.2) is 56.8 Å². The van der Waals surface area contributed by atoms with Gasteiger partial charge in [-0.3, -0.25) is 14.2 Å². The normalized spacial score (nSPS) is 20.7. The van der Waals surface area contributed by atoms with Gasteiger partial charge in [0.05, 0.1) is 11.0 Å². The summed E-state index contributed by atoms with van der Waals surface area (Å²) in [7, 11) is 0. The molecule has 4 rings (SSSR count). The van der Waals surface area contributed by atoms with E-state index in [4.69, 9.17) is 0 Å². The van der Waals surface area contributed by atoms with Gasteiger partial charge in [0, 0.05) is 44.2 Å². The molecular formula is C17H20N4O3. The Labute approximate surface area is 138 Å². The molecule has 2 aliphatic heterocycles. The minimum absolute atomic E-state index is 0.0350. The predicted molar refractivity (Wildman–Crippen MR) is 88.9 cm³/mol. The van der Waals surface area contributed by atoms with Gasteiger partial charge in [-0.25, -0.2) is 4.79 Å². The summed E-state index contributed by atoms with van der Waals surface area (Å²) in [6.45, 7) is 4.23. The van der Waals surface area contributed by atoms with Crippen LogP contribution in [0.4, 0.5) is 0 Å². The first-order chi connectivity index (χ1) is 11.6. The summed E-state index contributed by atoms with van der Waals surface area (Å²) in [6.07, 6.45) is 1.42. The highest BCUT2D eigenvalue weighted by atomic mass is 16.2. The van der Waals surface area contributed by atoms with Crippen molar-refractivity contribution in [2.75, 3.05) is 19.6 Å². The number of aromatic amines is 1. The van der Waals surface area contributed by atoms with Crippen LogP contribution in [0.25, 0.3) is 11.0 Å². The van der Waals surface area contributed by atoms with Gasteiger partial charge < -0.3 is 14.8 Å². The number of H-pyrrole nitrogens is 1. The largest absolute Gasteiger partial charge is 0.336 e. The lowest BCUT2D eigenvalue weighted by Gasteiger charge is -2.37. The molecule has 1 aromatic heterocycles. The van der Waals surface area contributed by atoms with E-state index in [1.807, 2.05) is 16.7 Å². The molecule has 3 heterocycles. The molecule has 126 valence electrons. The number of rotatable bonds is 2. The topological polar surface area (TPSA) is 78.4 Å². The number of carbonyl (C=O) groups excluding carboxylic acids is 2. The van der Waals surface area contributed by atoms with Gasteiger partial charge in [-0.1, -0.05) is 0 Å². The Bertz CT molecular complexity index is 882. The second-order valence-corrected chi connectivity index (χ2v) is 6.44. The summed E-state index contributed by atoms with van der Waals surface area (Å²) < 4.78 is 1.62. The van der Waals surface area contributed by atoms with E-state index in [9.17, 15) is 14.4 Å². The molecule has 1 unspecified atom stereocenters. The molecule has 2 aliphatic rings. The standard InChI is InChI=1S/C17H20N4O3/c1-2-20-14-9-11(3-5-13(14)18-17(20)24)16(23)19-7-8-21-12(10-19)4-6-15(21)22/h3,5,9,12H,2,4,6-8,10H2,1H3,(H,18,24). The van der Waals surface area contributed by atoms with Crippen LogP contribution >= 0.6 is 0 Å². The third-order valence-corrected chi connectivity index (χ3v) is 5.12. The van der Waals surface area contributed by atoms with Crippen molar-refractivity contribution in [2.24, 2.45) is 0 Å². The molecule has 2 aromatic rings. The first-order valence-electron chi connectivity index (χ1n) is 8.40. The summed E-state index contributed by atoms with van der Waals surface area (Å²) in [5.41, 5.74) is 1.92. The summed E-state index contributed by atoms with van der Waals surface area (Å²) in [4.78, 5) is 43.0. The molecule has 0 aliphatic carbocycles. The van der Waals surface area contributed by atoms with Crippen LogP contribution in [0.5, 0.6) is 0 Å². The number of fused-ring (bicyclic) bond motifs is 2. The molecule has 1 atom stereocenters. The molecule has 1 aromatic carbocycles. The highest BCUT2D eigenvalue weighted by Crippen LogP contribution is 2.24. The average Bonchev–Trinajstić information content (AvgIpc) is 3.12. The molecule has 7 nitrogen and oxygen atoms in total. The zero-order valence-corrected chi connectivity index (χ0v) is 13.6. The van der Waals surface area contributed by atoms with Gasteiger partial charge >= 0.3 is 5.69 Å². The van der Waals surface area contributed by atoms with Crippen molar-refractivity contribution in [1.29, 1.82) is 0 Å². The fourth-order valence-corrected chi connectivity index (χ4v) is 3.83. The van der Waals surface area contributed by atoms with Crippen molar-refractivity contribution in [1.82, 2.24) is 19.4 Å². The smallest absolute Gasteiger partial charge is 0.326 e. The van der Waals surface area contributed by atoms with Gasteiger partial charge in [-0.05, 0) is 31.5 Å². The van der Waals surface area contributed by atoms with Crippen LogP contribution in [-0.2, 0) is 11.3 Å². The summed E-state index contributed by atoms with van der Waals surface area (Å²) in [5.74, 6) is 0.167. The second kappa shape index (κ2) is 5.51. The van der Waals surface area contributed by atoms with E-state index >= 15 is 0 Å². The van der Waals surface area contributed by atoms with Crippen molar-refractivity contribution >= 4 is 22.8 Å². The Balaban J connectivity index is 1.61. The van der Waals surface area contributed by atoms with Crippen LogP contribution in [0, 0.1) is 0 Å². The molecule has 1 N–H and O–H groups in total. The number of benzene rings is 1. The molecule has 2 saturated heterocycles. The number of nitrogens with one attached hydrogen (secondary N) is 1. The fraction of sp³-hybridized carbons (Fsp3) is 0.471. The minimum Gasteiger partial charge on any atom is -0.336 e. The van der Waals surface area contributed by atoms with Crippen molar-refractivity contribution < 1.29 is 9.59 Å². The molecule has 0 saturated carbocycles. The van der Waals surface area contributed by atoms with Gasteiger partial charge in [0.25, 0.3) is 5.91 Å². The number of aryl methyl sites for hydroxylation is 1. The van der Waals surface area contributed by atoms with Crippen molar-refractivity contribution in [2.45, 2.75) is 32.4 Å². The van der Waals surface area contributed by atoms with E-state index in [1.165, 1.54) is 0 Å². The van der Waals surface area contributed by atoms with Gasteiger partial charge in [0.15, 0.2) is 0 Å².